The quantitative estimate of drug-likeness (QED) is 0.649. The Labute approximate surface area is 78.7 Å². The summed E-state index contributed by atoms with van der Waals surface area (Å²) >= 11 is 0. The Kier molecular flexibility index (Phi) is 2.09. The highest BCUT2D eigenvalue weighted by Crippen LogP contribution is 2.28. The van der Waals surface area contributed by atoms with Crippen LogP contribution in [0.25, 0.3) is 0 Å². The second-order valence-corrected chi connectivity index (χ2v) is 3.69. The number of aryl methyl sites for hydroxylation is 1. The van der Waals surface area contributed by atoms with Crippen molar-refractivity contribution in [3.05, 3.63) is 42.0 Å². The number of hydrogen-bond acceptors (Lipinski definition) is 1. The summed E-state index contributed by atoms with van der Waals surface area (Å²) in [6.07, 6.45) is 5.36. The number of fused-ring (bicyclic) bond motifs is 1. The minimum absolute atomic E-state index is 0.385. The molecule has 0 fully saturated rings. The number of benzene rings is 1. The smallest absolute Gasteiger partial charge is 0.115 e. The molecule has 0 saturated heterocycles. The van der Waals surface area contributed by atoms with Crippen LogP contribution in [0.1, 0.15) is 17.5 Å². The van der Waals surface area contributed by atoms with Crippen molar-refractivity contribution in [2.75, 3.05) is 0 Å². The molecule has 1 aromatic carbocycles. The van der Waals surface area contributed by atoms with Gasteiger partial charge in [-0.15, -0.1) is 6.58 Å². The van der Waals surface area contributed by atoms with Gasteiger partial charge in [0.2, 0.25) is 0 Å². The first-order valence-corrected chi connectivity index (χ1v) is 4.73. The van der Waals surface area contributed by atoms with E-state index in [0.29, 0.717) is 11.7 Å². The Balaban J connectivity index is 2.31. The van der Waals surface area contributed by atoms with Crippen LogP contribution in [0.5, 0.6) is 5.75 Å². The van der Waals surface area contributed by atoms with Crippen molar-refractivity contribution < 1.29 is 5.11 Å². The second-order valence-electron chi connectivity index (χ2n) is 3.69. The first-order chi connectivity index (χ1) is 6.29. The average molecular weight is 174 g/mol. The van der Waals surface area contributed by atoms with Gasteiger partial charge in [-0.25, -0.2) is 0 Å². The zero-order valence-corrected chi connectivity index (χ0v) is 7.66. The Morgan fingerprint density at radius 1 is 1.38 bits per heavy atom. The van der Waals surface area contributed by atoms with Gasteiger partial charge in [-0.3, -0.25) is 0 Å². The van der Waals surface area contributed by atoms with E-state index < -0.39 is 0 Å². The summed E-state index contributed by atoms with van der Waals surface area (Å²) in [4.78, 5) is 0. The zero-order valence-electron chi connectivity index (χ0n) is 7.66. The number of phenolic OH excluding ortho intramolecular Hbond substituents is 1. The predicted molar refractivity (Wildman–Crippen MR) is 53.8 cm³/mol. The molecular weight excluding hydrogens is 160 g/mol. The van der Waals surface area contributed by atoms with Gasteiger partial charge >= 0.3 is 0 Å². The highest BCUT2D eigenvalue weighted by Gasteiger charge is 2.15. The molecule has 0 radical (unpaired) electrons. The van der Waals surface area contributed by atoms with Crippen LogP contribution < -0.4 is 0 Å². The van der Waals surface area contributed by atoms with Crippen molar-refractivity contribution in [1.82, 2.24) is 0 Å². The van der Waals surface area contributed by atoms with Crippen LogP contribution in [0.15, 0.2) is 30.9 Å². The highest BCUT2D eigenvalue weighted by atomic mass is 16.3. The Hall–Kier alpha value is -1.24. The SMILES string of the molecule is C=C[C@H]1CCc2cc(O)ccc2C1. The minimum Gasteiger partial charge on any atom is -0.508 e. The fourth-order valence-electron chi connectivity index (χ4n) is 1.97. The van der Waals surface area contributed by atoms with Crippen molar-refractivity contribution in [2.45, 2.75) is 19.3 Å². The van der Waals surface area contributed by atoms with E-state index in [9.17, 15) is 5.11 Å². The van der Waals surface area contributed by atoms with E-state index in [2.05, 4.69) is 6.58 Å². The molecule has 13 heavy (non-hydrogen) atoms. The number of allylic oxidation sites excluding steroid dienone is 1. The maximum atomic E-state index is 9.29. The normalized spacial score (nSPS) is 20.8. The van der Waals surface area contributed by atoms with Gasteiger partial charge in [0.15, 0.2) is 0 Å². The fourth-order valence-corrected chi connectivity index (χ4v) is 1.97. The van der Waals surface area contributed by atoms with E-state index in [1.807, 2.05) is 18.2 Å². The third-order valence-corrected chi connectivity index (χ3v) is 2.79. The predicted octanol–water partition coefficient (Wildman–Crippen LogP) is 2.68. The topological polar surface area (TPSA) is 20.2 Å². The Morgan fingerprint density at radius 2 is 2.23 bits per heavy atom. The van der Waals surface area contributed by atoms with Crippen molar-refractivity contribution >= 4 is 0 Å². The molecule has 0 bridgehead atoms. The average Bonchev–Trinajstić information content (AvgIpc) is 2.17. The van der Waals surface area contributed by atoms with E-state index in [4.69, 9.17) is 0 Å². The van der Waals surface area contributed by atoms with Crippen molar-refractivity contribution in [1.29, 1.82) is 0 Å². The van der Waals surface area contributed by atoms with Gasteiger partial charge in [-0.2, -0.15) is 0 Å². The van der Waals surface area contributed by atoms with E-state index in [1.165, 1.54) is 17.5 Å². The van der Waals surface area contributed by atoms with Crippen molar-refractivity contribution in [3.63, 3.8) is 0 Å². The molecular formula is C12H14O. The summed E-state index contributed by atoms with van der Waals surface area (Å²) < 4.78 is 0. The third-order valence-electron chi connectivity index (χ3n) is 2.79. The lowest BCUT2D eigenvalue weighted by atomic mass is 9.84. The van der Waals surface area contributed by atoms with Crippen molar-refractivity contribution in [3.8, 4) is 5.75 Å². The molecule has 0 amide bonds. The molecule has 0 aromatic heterocycles. The van der Waals surface area contributed by atoms with E-state index in [1.54, 1.807) is 6.07 Å². The number of rotatable bonds is 1. The summed E-state index contributed by atoms with van der Waals surface area (Å²) in [6, 6.07) is 5.68. The lowest BCUT2D eigenvalue weighted by Crippen LogP contribution is -2.11. The van der Waals surface area contributed by atoms with Gasteiger partial charge in [0.05, 0.1) is 0 Å². The highest BCUT2D eigenvalue weighted by molar-refractivity contribution is 5.37. The molecule has 1 N–H and O–H groups in total. The summed E-state index contributed by atoms with van der Waals surface area (Å²) in [5.74, 6) is 1.01. The van der Waals surface area contributed by atoms with Gasteiger partial charge in [-0.1, -0.05) is 12.1 Å². The summed E-state index contributed by atoms with van der Waals surface area (Å²) in [7, 11) is 0. The van der Waals surface area contributed by atoms with E-state index >= 15 is 0 Å². The first kappa shape index (κ1) is 8.36. The van der Waals surface area contributed by atoms with Crippen LogP contribution in [0, 0.1) is 5.92 Å². The lowest BCUT2D eigenvalue weighted by molar-refractivity contribution is 0.471. The van der Waals surface area contributed by atoms with Crippen LogP contribution in [-0.4, -0.2) is 5.11 Å². The Morgan fingerprint density at radius 3 is 3.00 bits per heavy atom. The Bertz CT molecular complexity index is 328. The van der Waals surface area contributed by atoms with Gasteiger partial charge in [0.1, 0.15) is 5.75 Å². The van der Waals surface area contributed by atoms with Crippen LogP contribution >= 0.6 is 0 Å². The first-order valence-electron chi connectivity index (χ1n) is 4.73. The molecule has 68 valence electrons. The molecule has 1 aliphatic carbocycles. The summed E-state index contributed by atoms with van der Waals surface area (Å²) in [5.41, 5.74) is 2.67. The molecule has 0 heterocycles. The molecule has 2 rings (SSSR count). The molecule has 0 spiro atoms. The molecule has 1 nitrogen and oxygen atoms in total. The van der Waals surface area contributed by atoms with Crippen LogP contribution in [0.4, 0.5) is 0 Å². The maximum absolute atomic E-state index is 9.29. The third kappa shape index (κ3) is 1.59. The maximum Gasteiger partial charge on any atom is 0.115 e. The number of hydrogen-bond donors (Lipinski definition) is 1. The molecule has 1 aliphatic rings. The molecule has 0 saturated carbocycles. The fraction of sp³-hybridized carbons (Fsp3) is 0.333. The summed E-state index contributed by atoms with van der Waals surface area (Å²) in [5, 5.41) is 9.29. The molecule has 0 unspecified atom stereocenters. The van der Waals surface area contributed by atoms with Gasteiger partial charge in [-0.05, 0) is 48.4 Å². The minimum atomic E-state index is 0.385. The monoisotopic (exact) mass is 174 g/mol. The second kappa shape index (κ2) is 3.25. The standard InChI is InChI=1S/C12H14O/c1-2-9-3-4-11-8-12(13)6-5-10(11)7-9/h2,5-6,8-9,13H,1,3-4,7H2/t9-/m0/s1. The zero-order chi connectivity index (χ0) is 9.26. The molecule has 0 aliphatic heterocycles. The molecule has 1 atom stereocenters. The van der Waals surface area contributed by atoms with Crippen molar-refractivity contribution in [2.24, 2.45) is 5.92 Å². The van der Waals surface area contributed by atoms with E-state index in [0.717, 1.165) is 12.8 Å². The lowest BCUT2D eigenvalue weighted by Gasteiger charge is -2.21. The largest absolute Gasteiger partial charge is 0.508 e. The van der Waals surface area contributed by atoms with Crippen LogP contribution in [0.3, 0.4) is 0 Å². The number of phenols is 1. The van der Waals surface area contributed by atoms with Gasteiger partial charge < -0.3 is 5.11 Å². The van der Waals surface area contributed by atoms with Gasteiger partial charge in [0, 0.05) is 0 Å². The molecule has 1 heteroatoms. The van der Waals surface area contributed by atoms with Crippen LogP contribution in [-0.2, 0) is 12.8 Å². The summed E-state index contributed by atoms with van der Waals surface area (Å²) in [6.45, 7) is 3.83. The number of aromatic hydroxyl groups is 1. The van der Waals surface area contributed by atoms with Crippen LogP contribution in [0.2, 0.25) is 0 Å². The van der Waals surface area contributed by atoms with Gasteiger partial charge in [0.25, 0.3) is 0 Å². The molecule has 1 aromatic rings. The van der Waals surface area contributed by atoms with E-state index in [-0.39, 0.29) is 0 Å².